The molecule has 0 aliphatic carbocycles. The molecule has 0 radical (unpaired) electrons. The van der Waals surface area contributed by atoms with Gasteiger partial charge in [0.2, 0.25) is 0 Å². The average Bonchev–Trinajstić information content (AvgIpc) is 1.81. The van der Waals surface area contributed by atoms with Crippen LogP contribution in [0.3, 0.4) is 0 Å². The summed E-state index contributed by atoms with van der Waals surface area (Å²) in [7, 11) is 0. The fourth-order valence-corrected chi connectivity index (χ4v) is 1.32. The van der Waals surface area contributed by atoms with E-state index in [1.807, 2.05) is 26.8 Å². The fraction of sp³-hybridized carbons (Fsp3) is 0.556. The quantitative estimate of drug-likeness (QED) is 0.707. The fourth-order valence-electron chi connectivity index (χ4n) is 1.15. The van der Waals surface area contributed by atoms with Crippen molar-refractivity contribution in [2.45, 2.75) is 32.4 Å². The molecule has 0 aliphatic heterocycles. The number of rotatable bonds is 2. The maximum Gasteiger partial charge on any atom is 0.129 e. The minimum Gasteiger partial charge on any atom is -0.238 e. The summed E-state index contributed by atoms with van der Waals surface area (Å²) in [4.78, 5) is 8.63. The van der Waals surface area contributed by atoms with Crippen molar-refractivity contribution in [2.75, 3.05) is 0 Å². The molecule has 2 nitrogen and oxygen atoms in total. The van der Waals surface area contributed by atoms with Crippen LogP contribution in [-0.4, -0.2) is 15.2 Å². The molecule has 0 saturated heterocycles. The van der Waals surface area contributed by atoms with Crippen molar-refractivity contribution < 1.29 is 0 Å². The van der Waals surface area contributed by atoms with Crippen molar-refractivity contribution >= 4 is 12.6 Å². The van der Waals surface area contributed by atoms with E-state index < -0.39 is 0 Å². The van der Waals surface area contributed by atoms with E-state index in [1.165, 1.54) is 0 Å². The standard InChI is InChI=1S/C9H14N2S/c1-6-4-7(2)11-9(10-6)5-8(3)12/h4,8,12H,5H2,1-3H3. The van der Waals surface area contributed by atoms with E-state index in [0.29, 0.717) is 5.25 Å². The molecule has 1 unspecified atom stereocenters. The summed E-state index contributed by atoms with van der Waals surface area (Å²) in [6.45, 7) is 6.02. The summed E-state index contributed by atoms with van der Waals surface area (Å²) in [5, 5.41) is 0.325. The first kappa shape index (κ1) is 9.52. The molecule has 0 bridgehead atoms. The Morgan fingerprint density at radius 3 is 2.25 bits per heavy atom. The molecular formula is C9H14N2S. The van der Waals surface area contributed by atoms with Gasteiger partial charge in [0.1, 0.15) is 5.82 Å². The lowest BCUT2D eigenvalue weighted by Crippen LogP contribution is -2.04. The highest BCUT2D eigenvalue weighted by Crippen LogP contribution is 2.04. The van der Waals surface area contributed by atoms with E-state index in [-0.39, 0.29) is 0 Å². The zero-order valence-electron chi connectivity index (χ0n) is 7.70. The van der Waals surface area contributed by atoms with Crippen LogP contribution >= 0.6 is 12.6 Å². The van der Waals surface area contributed by atoms with Crippen LogP contribution in [0.15, 0.2) is 6.07 Å². The molecule has 0 saturated carbocycles. The molecule has 1 aromatic rings. The highest BCUT2D eigenvalue weighted by Gasteiger charge is 2.02. The Kier molecular flexibility index (Phi) is 3.09. The minimum absolute atomic E-state index is 0.325. The van der Waals surface area contributed by atoms with Gasteiger partial charge < -0.3 is 0 Å². The minimum atomic E-state index is 0.325. The normalized spacial score (nSPS) is 13.0. The Labute approximate surface area is 78.9 Å². The molecule has 3 heteroatoms. The van der Waals surface area contributed by atoms with Crippen LogP contribution in [0.25, 0.3) is 0 Å². The first-order valence-electron chi connectivity index (χ1n) is 4.07. The number of hydrogen-bond donors (Lipinski definition) is 1. The lowest BCUT2D eigenvalue weighted by molar-refractivity contribution is 0.831. The monoisotopic (exact) mass is 182 g/mol. The SMILES string of the molecule is Cc1cc(C)nc(CC(C)S)n1. The van der Waals surface area contributed by atoms with Gasteiger partial charge in [-0.1, -0.05) is 6.92 Å². The molecule has 1 aromatic heterocycles. The van der Waals surface area contributed by atoms with Crippen LogP contribution in [-0.2, 0) is 6.42 Å². The number of aromatic nitrogens is 2. The second kappa shape index (κ2) is 3.90. The maximum absolute atomic E-state index is 4.31. The largest absolute Gasteiger partial charge is 0.238 e. The van der Waals surface area contributed by atoms with Gasteiger partial charge in [0, 0.05) is 23.1 Å². The molecule has 0 aromatic carbocycles. The van der Waals surface area contributed by atoms with Crippen LogP contribution in [0, 0.1) is 13.8 Å². The van der Waals surface area contributed by atoms with Crippen LogP contribution in [0.4, 0.5) is 0 Å². The van der Waals surface area contributed by atoms with Gasteiger partial charge in [0.05, 0.1) is 0 Å². The number of thiol groups is 1. The molecule has 66 valence electrons. The molecule has 12 heavy (non-hydrogen) atoms. The van der Waals surface area contributed by atoms with Gasteiger partial charge in [-0.05, 0) is 19.9 Å². The van der Waals surface area contributed by atoms with Crippen molar-refractivity contribution in [1.82, 2.24) is 9.97 Å². The highest BCUT2D eigenvalue weighted by molar-refractivity contribution is 7.80. The third kappa shape index (κ3) is 2.81. The van der Waals surface area contributed by atoms with E-state index in [2.05, 4.69) is 22.6 Å². The molecule has 1 heterocycles. The van der Waals surface area contributed by atoms with E-state index >= 15 is 0 Å². The lowest BCUT2D eigenvalue weighted by Gasteiger charge is -2.04. The molecule has 0 fully saturated rings. The van der Waals surface area contributed by atoms with Crippen LogP contribution in [0.2, 0.25) is 0 Å². The summed E-state index contributed by atoms with van der Waals surface area (Å²) in [6, 6.07) is 1.98. The van der Waals surface area contributed by atoms with E-state index in [9.17, 15) is 0 Å². The summed E-state index contributed by atoms with van der Waals surface area (Å²) >= 11 is 4.30. The van der Waals surface area contributed by atoms with Crippen molar-refractivity contribution in [1.29, 1.82) is 0 Å². The Hall–Kier alpha value is -0.570. The van der Waals surface area contributed by atoms with Crippen molar-refractivity contribution in [2.24, 2.45) is 0 Å². The van der Waals surface area contributed by atoms with Crippen molar-refractivity contribution in [3.05, 3.63) is 23.3 Å². The van der Waals surface area contributed by atoms with Gasteiger partial charge in [-0.2, -0.15) is 12.6 Å². The summed E-state index contributed by atoms with van der Waals surface area (Å²) in [5.41, 5.74) is 2.07. The van der Waals surface area contributed by atoms with Crippen molar-refractivity contribution in [3.8, 4) is 0 Å². The summed E-state index contributed by atoms with van der Waals surface area (Å²) in [5.74, 6) is 0.898. The second-order valence-corrected chi connectivity index (χ2v) is 4.00. The Balaban J connectivity index is 2.85. The average molecular weight is 182 g/mol. The summed E-state index contributed by atoms with van der Waals surface area (Å²) in [6.07, 6.45) is 0.839. The molecule has 1 atom stereocenters. The van der Waals surface area contributed by atoms with Crippen LogP contribution in [0.5, 0.6) is 0 Å². The third-order valence-electron chi connectivity index (χ3n) is 1.51. The zero-order valence-corrected chi connectivity index (χ0v) is 8.60. The van der Waals surface area contributed by atoms with Gasteiger partial charge in [-0.15, -0.1) is 0 Å². The van der Waals surface area contributed by atoms with Gasteiger partial charge >= 0.3 is 0 Å². The van der Waals surface area contributed by atoms with Crippen LogP contribution < -0.4 is 0 Å². The molecule has 0 N–H and O–H groups in total. The van der Waals surface area contributed by atoms with Gasteiger partial charge in [-0.3, -0.25) is 0 Å². The maximum atomic E-state index is 4.31. The molecule has 0 amide bonds. The number of aryl methyl sites for hydroxylation is 2. The molecule has 0 spiro atoms. The Morgan fingerprint density at radius 2 is 1.83 bits per heavy atom. The Morgan fingerprint density at radius 1 is 1.33 bits per heavy atom. The molecule has 0 aliphatic rings. The predicted molar refractivity (Wildman–Crippen MR) is 53.7 cm³/mol. The number of nitrogens with zero attached hydrogens (tertiary/aromatic N) is 2. The number of hydrogen-bond acceptors (Lipinski definition) is 3. The van der Waals surface area contributed by atoms with E-state index in [4.69, 9.17) is 0 Å². The first-order valence-corrected chi connectivity index (χ1v) is 4.59. The molecular weight excluding hydrogens is 168 g/mol. The van der Waals surface area contributed by atoms with Crippen LogP contribution in [0.1, 0.15) is 24.1 Å². The highest BCUT2D eigenvalue weighted by atomic mass is 32.1. The Bertz CT molecular complexity index is 251. The van der Waals surface area contributed by atoms with Gasteiger partial charge in [-0.25, -0.2) is 9.97 Å². The topological polar surface area (TPSA) is 25.8 Å². The third-order valence-corrected chi connectivity index (χ3v) is 1.69. The van der Waals surface area contributed by atoms with Gasteiger partial charge in [0.25, 0.3) is 0 Å². The smallest absolute Gasteiger partial charge is 0.129 e. The lowest BCUT2D eigenvalue weighted by atomic mass is 10.3. The molecule has 1 rings (SSSR count). The predicted octanol–water partition coefficient (Wildman–Crippen LogP) is 1.95. The zero-order chi connectivity index (χ0) is 9.14. The summed E-state index contributed by atoms with van der Waals surface area (Å²) < 4.78 is 0. The van der Waals surface area contributed by atoms with Crippen molar-refractivity contribution in [3.63, 3.8) is 0 Å². The second-order valence-electron chi connectivity index (χ2n) is 3.12. The van der Waals surface area contributed by atoms with Gasteiger partial charge in [0.15, 0.2) is 0 Å². The van der Waals surface area contributed by atoms with E-state index in [0.717, 1.165) is 23.6 Å². The first-order chi connectivity index (χ1) is 5.58. The van der Waals surface area contributed by atoms with E-state index in [1.54, 1.807) is 0 Å².